The molecule has 0 radical (unpaired) electrons. The lowest BCUT2D eigenvalue weighted by atomic mass is 9.80. The van der Waals surface area contributed by atoms with Gasteiger partial charge in [0.15, 0.2) is 11.5 Å². The minimum Gasteiger partial charge on any atom is -0.369 e. The van der Waals surface area contributed by atoms with Crippen LogP contribution in [0.4, 0.5) is 36.4 Å². The van der Waals surface area contributed by atoms with Crippen LogP contribution in [0, 0.1) is 12.8 Å². The first kappa shape index (κ1) is 21.1. The normalized spacial score (nSPS) is 23.0. The lowest BCUT2D eigenvalue weighted by molar-refractivity contribution is -0.141. The van der Waals surface area contributed by atoms with Crippen LogP contribution < -0.4 is 20.9 Å². The topological polar surface area (TPSA) is 108 Å². The van der Waals surface area contributed by atoms with E-state index in [0.717, 1.165) is 25.2 Å². The number of likely N-dealkylation sites (N-methyl/N-ethyl adjacent to an activating group) is 1. The first-order valence-corrected chi connectivity index (χ1v) is 9.93. The molecule has 12 heteroatoms. The Morgan fingerprint density at radius 3 is 2.61 bits per heavy atom. The third kappa shape index (κ3) is 4.32. The number of carbonyl (C=O) groups is 1. The van der Waals surface area contributed by atoms with E-state index in [9.17, 15) is 18.0 Å². The Labute approximate surface area is 176 Å². The average Bonchev–Trinajstić information content (AvgIpc) is 2.68. The van der Waals surface area contributed by atoms with Gasteiger partial charge in [0.2, 0.25) is 11.9 Å². The number of nitrogens with one attached hydrogen (secondary N) is 3. The molecule has 2 aromatic heterocycles. The summed E-state index contributed by atoms with van der Waals surface area (Å²) in [5, 5.41) is 9.21. The summed E-state index contributed by atoms with van der Waals surface area (Å²) < 4.78 is 37.6. The number of nitrogens with zero attached hydrogens (tertiary/aromatic N) is 5. The molecule has 1 atom stereocenters. The van der Waals surface area contributed by atoms with Crippen molar-refractivity contribution in [3.05, 3.63) is 23.8 Å². The molecule has 9 nitrogen and oxygen atoms in total. The van der Waals surface area contributed by atoms with Gasteiger partial charge in [0.1, 0.15) is 17.5 Å². The van der Waals surface area contributed by atoms with Gasteiger partial charge in [-0.05, 0) is 32.6 Å². The van der Waals surface area contributed by atoms with Crippen LogP contribution in [0.1, 0.15) is 31.2 Å². The summed E-state index contributed by atoms with van der Waals surface area (Å²) >= 11 is 0. The van der Waals surface area contributed by atoms with Gasteiger partial charge in [-0.15, -0.1) is 0 Å². The molecule has 1 saturated carbocycles. The summed E-state index contributed by atoms with van der Waals surface area (Å²) in [5.41, 5.74) is 0.313. The Bertz CT molecular complexity index is 975. The van der Waals surface area contributed by atoms with E-state index in [1.807, 2.05) is 25.8 Å². The van der Waals surface area contributed by atoms with Crippen molar-refractivity contribution in [2.75, 3.05) is 34.4 Å². The van der Waals surface area contributed by atoms with E-state index in [1.54, 1.807) is 0 Å². The molecule has 0 bridgehead atoms. The smallest absolute Gasteiger partial charge is 0.369 e. The fourth-order valence-corrected chi connectivity index (χ4v) is 3.63. The molecular formula is C19H23F3N8O. The van der Waals surface area contributed by atoms with E-state index in [1.165, 1.54) is 0 Å². The van der Waals surface area contributed by atoms with Gasteiger partial charge in [-0.3, -0.25) is 4.79 Å². The fourth-order valence-electron chi connectivity index (χ4n) is 3.63. The first-order valence-electron chi connectivity index (χ1n) is 9.93. The van der Waals surface area contributed by atoms with Crippen molar-refractivity contribution < 1.29 is 18.0 Å². The van der Waals surface area contributed by atoms with E-state index < -0.39 is 11.9 Å². The standard InChI is InChI=1S/C19H23F3N8O/c1-9-15-16(30(3)10(2)17(31)28-15)29-18(26-9)27-12-4-11(5-12)6-24-14-8-23-13(7-25-14)19(20,21)22/h7-8,10-12H,4-6H2,1-3H3,(H,24,25)(H,28,31)(H,26,27,29)/t10-,11-,12+/m0/s1. The highest BCUT2D eigenvalue weighted by molar-refractivity contribution is 6.03. The van der Waals surface area contributed by atoms with Gasteiger partial charge in [-0.25, -0.2) is 15.0 Å². The number of halogens is 3. The summed E-state index contributed by atoms with van der Waals surface area (Å²) in [5.74, 6) is 1.77. The summed E-state index contributed by atoms with van der Waals surface area (Å²) in [4.78, 5) is 30.0. The van der Waals surface area contributed by atoms with Crippen molar-refractivity contribution in [1.82, 2.24) is 19.9 Å². The van der Waals surface area contributed by atoms with Crippen LogP contribution in [-0.2, 0) is 11.0 Å². The quantitative estimate of drug-likeness (QED) is 0.657. The number of rotatable bonds is 5. The molecule has 1 aliphatic heterocycles. The predicted molar refractivity (Wildman–Crippen MR) is 109 cm³/mol. The maximum atomic E-state index is 12.5. The number of aromatic nitrogens is 4. The number of alkyl halides is 3. The third-order valence-corrected chi connectivity index (χ3v) is 5.70. The SMILES string of the molecule is Cc1nc(N[C@H]2C[C@@H](CNc3cnc(C(F)(F)F)cn3)C2)nc2c1NC(=O)[C@H](C)N2C. The van der Waals surface area contributed by atoms with Gasteiger partial charge in [-0.2, -0.15) is 18.2 Å². The maximum Gasteiger partial charge on any atom is 0.434 e. The summed E-state index contributed by atoms with van der Waals surface area (Å²) in [6, 6.07) is -0.119. The molecule has 1 amide bonds. The van der Waals surface area contributed by atoms with Gasteiger partial charge in [0, 0.05) is 19.6 Å². The van der Waals surface area contributed by atoms with Gasteiger partial charge < -0.3 is 20.9 Å². The third-order valence-electron chi connectivity index (χ3n) is 5.70. The monoisotopic (exact) mass is 436 g/mol. The van der Waals surface area contributed by atoms with Crippen LogP contribution in [0.5, 0.6) is 0 Å². The number of amides is 1. The lowest BCUT2D eigenvalue weighted by Crippen LogP contribution is -2.45. The summed E-state index contributed by atoms with van der Waals surface area (Å²) in [7, 11) is 1.83. The molecule has 4 rings (SSSR count). The van der Waals surface area contributed by atoms with Crippen molar-refractivity contribution in [1.29, 1.82) is 0 Å². The van der Waals surface area contributed by atoms with Crippen LogP contribution >= 0.6 is 0 Å². The molecular weight excluding hydrogens is 413 g/mol. The lowest BCUT2D eigenvalue weighted by Gasteiger charge is -2.37. The van der Waals surface area contributed by atoms with Crippen LogP contribution in [0.2, 0.25) is 0 Å². The zero-order valence-corrected chi connectivity index (χ0v) is 17.3. The number of hydrogen-bond acceptors (Lipinski definition) is 8. The Hall–Kier alpha value is -3.18. The zero-order valence-electron chi connectivity index (χ0n) is 17.3. The van der Waals surface area contributed by atoms with Crippen molar-refractivity contribution in [3.8, 4) is 0 Å². The highest BCUT2D eigenvalue weighted by Crippen LogP contribution is 2.34. The van der Waals surface area contributed by atoms with Crippen molar-refractivity contribution >= 4 is 29.2 Å². The molecule has 2 aromatic rings. The van der Waals surface area contributed by atoms with E-state index in [2.05, 4.69) is 35.9 Å². The molecule has 0 saturated heterocycles. The molecule has 0 spiro atoms. The number of hydrogen-bond donors (Lipinski definition) is 3. The van der Waals surface area contributed by atoms with E-state index >= 15 is 0 Å². The molecule has 1 aliphatic carbocycles. The van der Waals surface area contributed by atoms with Crippen molar-refractivity contribution in [3.63, 3.8) is 0 Å². The zero-order chi connectivity index (χ0) is 22.3. The summed E-state index contributed by atoms with van der Waals surface area (Å²) in [6.07, 6.45) is -0.943. The molecule has 2 aliphatic rings. The van der Waals surface area contributed by atoms with Crippen molar-refractivity contribution in [2.45, 2.75) is 44.9 Å². The van der Waals surface area contributed by atoms with Crippen molar-refractivity contribution in [2.24, 2.45) is 5.92 Å². The molecule has 3 N–H and O–H groups in total. The largest absolute Gasteiger partial charge is 0.434 e. The number of anilines is 4. The Balaban J connectivity index is 1.30. The summed E-state index contributed by atoms with van der Waals surface area (Å²) in [6.45, 7) is 4.23. The Kier molecular flexibility index (Phi) is 5.31. The van der Waals surface area contributed by atoms with Gasteiger partial charge in [-0.1, -0.05) is 0 Å². The highest BCUT2D eigenvalue weighted by Gasteiger charge is 2.34. The maximum absolute atomic E-state index is 12.5. The molecule has 0 aromatic carbocycles. The highest BCUT2D eigenvalue weighted by atomic mass is 19.4. The molecule has 1 fully saturated rings. The van der Waals surface area contributed by atoms with Crippen LogP contribution in [0.3, 0.4) is 0 Å². The second-order valence-electron chi connectivity index (χ2n) is 7.95. The van der Waals surface area contributed by atoms with E-state index in [0.29, 0.717) is 41.4 Å². The van der Waals surface area contributed by atoms with E-state index in [-0.39, 0.29) is 18.0 Å². The molecule has 3 heterocycles. The average molecular weight is 436 g/mol. The molecule has 0 unspecified atom stereocenters. The van der Waals surface area contributed by atoms with Crippen LogP contribution in [0.25, 0.3) is 0 Å². The van der Waals surface area contributed by atoms with Gasteiger partial charge >= 0.3 is 6.18 Å². The molecule has 31 heavy (non-hydrogen) atoms. The fraction of sp³-hybridized carbons (Fsp3) is 0.526. The van der Waals surface area contributed by atoms with Crippen LogP contribution in [0.15, 0.2) is 12.4 Å². The predicted octanol–water partition coefficient (Wildman–Crippen LogP) is 2.67. The van der Waals surface area contributed by atoms with E-state index in [4.69, 9.17) is 0 Å². The molecule has 166 valence electrons. The minimum absolute atomic E-state index is 0.0884. The van der Waals surface area contributed by atoms with Crippen LogP contribution in [-0.4, -0.2) is 51.5 Å². The second-order valence-corrected chi connectivity index (χ2v) is 7.95. The van der Waals surface area contributed by atoms with Gasteiger partial charge in [0.05, 0.1) is 18.1 Å². The van der Waals surface area contributed by atoms with Gasteiger partial charge in [0.25, 0.3) is 0 Å². The number of carbonyl (C=O) groups excluding carboxylic acids is 1. The Morgan fingerprint density at radius 1 is 1.23 bits per heavy atom. The number of aryl methyl sites for hydroxylation is 1. The second kappa shape index (κ2) is 7.82. The first-order chi connectivity index (χ1) is 14.6. The number of fused-ring (bicyclic) bond motifs is 1. The minimum atomic E-state index is -4.49. The Morgan fingerprint density at radius 2 is 1.97 bits per heavy atom.